The van der Waals surface area contributed by atoms with E-state index >= 15 is 0 Å². The minimum Gasteiger partial charge on any atom is -0.358 e. The van der Waals surface area contributed by atoms with Gasteiger partial charge in [-0.1, -0.05) is 24.0 Å². The van der Waals surface area contributed by atoms with Gasteiger partial charge in [0.15, 0.2) is 0 Å². The van der Waals surface area contributed by atoms with Crippen LogP contribution in [0, 0.1) is 13.8 Å². The van der Waals surface area contributed by atoms with Crippen LogP contribution in [0.3, 0.4) is 0 Å². The second-order valence-corrected chi connectivity index (χ2v) is 8.04. The molecular formula is C14H17N3OS3. The Labute approximate surface area is 137 Å². The first-order chi connectivity index (χ1) is 10.1. The number of likely N-dealkylation sites (tertiary alicyclic amines) is 1. The maximum absolute atomic E-state index is 12.2. The van der Waals surface area contributed by atoms with Crippen molar-refractivity contribution in [2.75, 3.05) is 13.1 Å². The Morgan fingerprint density at radius 2 is 2.14 bits per heavy atom. The molecule has 0 aromatic carbocycles. The third-order valence-electron chi connectivity index (χ3n) is 3.78. The maximum atomic E-state index is 12.2. The summed E-state index contributed by atoms with van der Waals surface area (Å²) in [5.74, 6) is 1.33. The molecule has 0 saturated carbocycles. The third kappa shape index (κ3) is 3.00. The van der Waals surface area contributed by atoms with E-state index in [2.05, 4.69) is 14.9 Å². The predicted molar refractivity (Wildman–Crippen MR) is 94.4 cm³/mol. The standard InChI is InChI=1S/C14H17N3OS3/c1-8-9(2)21-13-11(8)12(18)15-10(16-13)7-20-14(19)17-5-3-4-6-17/h3-7H2,1-2H3,(H,15,16,18). The molecule has 1 N–H and O–H groups in total. The number of nitrogens with one attached hydrogen (secondary N) is 1. The summed E-state index contributed by atoms with van der Waals surface area (Å²) < 4.78 is 0.911. The lowest BCUT2D eigenvalue weighted by atomic mass is 10.2. The van der Waals surface area contributed by atoms with Gasteiger partial charge in [0.25, 0.3) is 5.56 Å². The molecule has 1 aliphatic rings. The van der Waals surface area contributed by atoms with Crippen LogP contribution in [-0.4, -0.2) is 32.3 Å². The number of hydrogen-bond acceptors (Lipinski definition) is 5. The number of hydrogen-bond donors (Lipinski definition) is 1. The molecule has 1 fully saturated rings. The van der Waals surface area contributed by atoms with Crippen LogP contribution in [0.25, 0.3) is 10.2 Å². The second kappa shape index (κ2) is 6.06. The molecule has 4 nitrogen and oxygen atoms in total. The van der Waals surface area contributed by atoms with Gasteiger partial charge in [0.1, 0.15) is 15.0 Å². The topological polar surface area (TPSA) is 49.0 Å². The lowest BCUT2D eigenvalue weighted by molar-refractivity contribution is 0.539. The van der Waals surface area contributed by atoms with E-state index in [1.807, 2.05) is 13.8 Å². The number of thiophene rings is 1. The van der Waals surface area contributed by atoms with Crippen molar-refractivity contribution in [3.05, 3.63) is 26.6 Å². The zero-order valence-corrected chi connectivity index (χ0v) is 14.5. The lowest BCUT2D eigenvalue weighted by Gasteiger charge is -2.17. The molecule has 3 rings (SSSR count). The molecule has 0 spiro atoms. The molecule has 0 amide bonds. The molecule has 1 saturated heterocycles. The number of fused-ring (bicyclic) bond motifs is 1. The Hall–Kier alpha value is -0.920. The smallest absolute Gasteiger partial charge is 0.259 e. The van der Waals surface area contributed by atoms with Crippen molar-refractivity contribution in [1.82, 2.24) is 14.9 Å². The number of thiocarbonyl (C=S) groups is 1. The van der Waals surface area contributed by atoms with Gasteiger partial charge < -0.3 is 9.88 Å². The highest BCUT2D eigenvalue weighted by molar-refractivity contribution is 8.22. The summed E-state index contributed by atoms with van der Waals surface area (Å²) in [6.07, 6.45) is 2.44. The van der Waals surface area contributed by atoms with Crippen molar-refractivity contribution in [2.24, 2.45) is 0 Å². The predicted octanol–water partition coefficient (Wildman–Crippen LogP) is 3.22. The van der Waals surface area contributed by atoms with Gasteiger partial charge in [0.05, 0.1) is 11.1 Å². The monoisotopic (exact) mass is 339 g/mol. The van der Waals surface area contributed by atoms with Crippen LogP contribution >= 0.6 is 35.3 Å². The van der Waals surface area contributed by atoms with E-state index in [9.17, 15) is 4.79 Å². The summed E-state index contributed by atoms with van der Waals surface area (Å²) in [4.78, 5) is 23.9. The molecule has 0 bridgehead atoms. The fraction of sp³-hybridized carbons (Fsp3) is 0.500. The molecule has 3 heterocycles. The van der Waals surface area contributed by atoms with Crippen LogP contribution in [0.5, 0.6) is 0 Å². The first-order valence-electron chi connectivity index (χ1n) is 6.97. The average Bonchev–Trinajstić information content (AvgIpc) is 3.06. The van der Waals surface area contributed by atoms with Crippen molar-refractivity contribution in [3.8, 4) is 0 Å². The van der Waals surface area contributed by atoms with Gasteiger partial charge in [-0.3, -0.25) is 4.79 Å². The fourth-order valence-electron chi connectivity index (χ4n) is 2.49. The van der Waals surface area contributed by atoms with E-state index < -0.39 is 0 Å². The average molecular weight is 340 g/mol. The van der Waals surface area contributed by atoms with Crippen molar-refractivity contribution in [1.29, 1.82) is 0 Å². The molecule has 0 radical (unpaired) electrons. The molecule has 7 heteroatoms. The molecule has 112 valence electrons. The van der Waals surface area contributed by atoms with Crippen molar-refractivity contribution >= 4 is 49.9 Å². The Balaban J connectivity index is 1.78. The molecular weight excluding hydrogens is 322 g/mol. The lowest BCUT2D eigenvalue weighted by Crippen LogP contribution is -2.23. The van der Waals surface area contributed by atoms with E-state index in [4.69, 9.17) is 12.2 Å². The third-order valence-corrected chi connectivity index (χ3v) is 6.42. The molecule has 1 aliphatic heterocycles. The van der Waals surface area contributed by atoms with Gasteiger partial charge in [0, 0.05) is 18.0 Å². The van der Waals surface area contributed by atoms with E-state index in [0.717, 1.165) is 38.1 Å². The SMILES string of the molecule is Cc1sc2nc(CSC(=S)N3CCCC3)[nH]c(=O)c2c1C. The van der Waals surface area contributed by atoms with Gasteiger partial charge >= 0.3 is 0 Å². The van der Waals surface area contributed by atoms with Crippen LogP contribution < -0.4 is 5.56 Å². The molecule has 2 aromatic heterocycles. The molecule has 2 aromatic rings. The number of aryl methyl sites for hydroxylation is 2. The van der Waals surface area contributed by atoms with Crippen LogP contribution in [0.2, 0.25) is 0 Å². The Bertz CT molecular complexity index is 744. The molecule has 0 atom stereocenters. The normalized spacial score (nSPS) is 15.0. The molecule has 0 aliphatic carbocycles. The number of aromatic amines is 1. The van der Waals surface area contributed by atoms with Gasteiger partial charge in [-0.25, -0.2) is 4.98 Å². The van der Waals surface area contributed by atoms with E-state index in [1.165, 1.54) is 12.8 Å². The van der Waals surface area contributed by atoms with Gasteiger partial charge in [0.2, 0.25) is 0 Å². The minimum absolute atomic E-state index is 0.0375. The Morgan fingerprint density at radius 1 is 1.43 bits per heavy atom. The highest BCUT2D eigenvalue weighted by Crippen LogP contribution is 2.26. The van der Waals surface area contributed by atoms with Gasteiger partial charge in [-0.2, -0.15) is 0 Å². The molecule has 21 heavy (non-hydrogen) atoms. The van der Waals surface area contributed by atoms with Crippen LogP contribution in [-0.2, 0) is 5.75 Å². The number of rotatable bonds is 2. The first kappa shape index (κ1) is 15.0. The Kier molecular flexibility index (Phi) is 4.33. The summed E-state index contributed by atoms with van der Waals surface area (Å²) in [6, 6.07) is 0. The zero-order chi connectivity index (χ0) is 15.0. The number of H-pyrrole nitrogens is 1. The first-order valence-corrected chi connectivity index (χ1v) is 9.18. The van der Waals surface area contributed by atoms with Gasteiger partial charge in [-0.05, 0) is 32.3 Å². The summed E-state index contributed by atoms with van der Waals surface area (Å²) >= 11 is 8.61. The minimum atomic E-state index is -0.0375. The summed E-state index contributed by atoms with van der Waals surface area (Å²) in [5.41, 5.74) is 1.00. The maximum Gasteiger partial charge on any atom is 0.259 e. The number of nitrogens with zero attached hydrogens (tertiary/aromatic N) is 2. The number of aromatic nitrogens is 2. The van der Waals surface area contributed by atoms with E-state index in [0.29, 0.717) is 11.6 Å². The van der Waals surface area contributed by atoms with Crippen LogP contribution in [0.1, 0.15) is 29.1 Å². The Morgan fingerprint density at radius 3 is 2.86 bits per heavy atom. The highest BCUT2D eigenvalue weighted by Gasteiger charge is 2.16. The van der Waals surface area contributed by atoms with Crippen LogP contribution in [0.4, 0.5) is 0 Å². The van der Waals surface area contributed by atoms with Crippen LogP contribution in [0.15, 0.2) is 4.79 Å². The van der Waals surface area contributed by atoms with Gasteiger partial charge in [-0.15, -0.1) is 11.3 Å². The fourth-order valence-corrected chi connectivity index (χ4v) is 4.66. The van der Waals surface area contributed by atoms with Crippen molar-refractivity contribution < 1.29 is 0 Å². The quantitative estimate of drug-likeness (QED) is 0.852. The number of thioether (sulfide) groups is 1. The zero-order valence-electron chi connectivity index (χ0n) is 12.1. The summed E-state index contributed by atoms with van der Waals surface area (Å²) in [6.45, 7) is 6.11. The van der Waals surface area contributed by atoms with E-state index in [1.54, 1.807) is 23.1 Å². The van der Waals surface area contributed by atoms with Crippen molar-refractivity contribution in [2.45, 2.75) is 32.4 Å². The summed E-state index contributed by atoms with van der Waals surface area (Å²) in [5, 5.41) is 0.730. The second-order valence-electron chi connectivity index (χ2n) is 5.22. The van der Waals surface area contributed by atoms with Crippen molar-refractivity contribution in [3.63, 3.8) is 0 Å². The summed E-state index contributed by atoms with van der Waals surface area (Å²) in [7, 11) is 0. The highest BCUT2D eigenvalue weighted by atomic mass is 32.2. The van der Waals surface area contributed by atoms with E-state index in [-0.39, 0.29) is 5.56 Å². The largest absolute Gasteiger partial charge is 0.358 e. The molecule has 0 unspecified atom stereocenters.